The highest BCUT2D eigenvalue weighted by Gasteiger charge is 2.11. The lowest BCUT2D eigenvalue weighted by Gasteiger charge is -2.22. The van der Waals surface area contributed by atoms with Crippen LogP contribution in [0, 0.1) is 0 Å². The molecule has 0 aromatic heterocycles. The normalized spacial score (nSPS) is 25.4. The SMILES string of the molecule is CCCCCC1NCCCS1. The molecule has 0 radical (unpaired) electrons. The van der Waals surface area contributed by atoms with Gasteiger partial charge in [-0.3, -0.25) is 0 Å². The van der Waals surface area contributed by atoms with E-state index in [1.54, 1.807) is 0 Å². The fourth-order valence-electron chi connectivity index (χ4n) is 1.38. The van der Waals surface area contributed by atoms with Crippen molar-refractivity contribution in [2.45, 2.75) is 44.4 Å². The van der Waals surface area contributed by atoms with Crippen LogP contribution < -0.4 is 5.32 Å². The van der Waals surface area contributed by atoms with Gasteiger partial charge in [0.2, 0.25) is 0 Å². The Bertz CT molecular complexity index is 89.6. The van der Waals surface area contributed by atoms with E-state index in [4.69, 9.17) is 0 Å². The summed E-state index contributed by atoms with van der Waals surface area (Å²) < 4.78 is 0. The van der Waals surface area contributed by atoms with Crippen LogP contribution in [0.25, 0.3) is 0 Å². The summed E-state index contributed by atoms with van der Waals surface area (Å²) in [7, 11) is 0. The van der Waals surface area contributed by atoms with E-state index < -0.39 is 0 Å². The van der Waals surface area contributed by atoms with Crippen molar-refractivity contribution >= 4 is 11.8 Å². The van der Waals surface area contributed by atoms with Crippen LogP contribution in [0.3, 0.4) is 0 Å². The standard InChI is InChI=1S/C9H19NS/c1-2-3-4-6-9-10-7-5-8-11-9/h9-10H,2-8H2,1H3. The molecule has 0 aromatic carbocycles. The summed E-state index contributed by atoms with van der Waals surface area (Å²) >= 11 is 2.10. The molecule has 1 saturated heterocycles. The molecule has 11 heavy (non-hydrogen) atoms. The predicted molar refractivity (Wildman–Crippen MR) is 53.0 cm³/mol. The molecular formula is C9H19NS. The van der Waals surface area contributed by atoms with Gasteiger partial charge < -0.3 is 5.32 Å². The van der Waals surface area contributed by atoms with Crippen molar-refractivity contribution in [2.24, 2.45) is 0 Å². The highest BCUT2D eigenvalue weighted by molar-refractivity contribution is 7.99. The minimum atomic E-state index is 0.773. The zero-order chi connectivity index (χ0) is 7.94. The lowest BCUT2D eigenvalue weighted by Crippen LogP contribution is -2.31. The van der Waals surface area contributed by atoms with E-state index in [0.29, 0.717) is 0 Å². The summed E-state index contributed by atoms with van der Waals surface area (Å²) in [6.45, 7) is 3.51. The van der Waals surface area contributed by atoms with Crippen LogP contribution in [0.4, 0.5) is 0 Å². The van der Waals surface area contributed by atoms with Gasteiger partial charge in [-0.25, -0.2) is 0 Å². The van der Waals surface area contributed by atoms with Crippen molar-refractivity contribution in [3.05, 3.63) is 0 Å². The summed E-state index contributed by atoms with van der Waals surface area (Å²) in [6.07, 6.45) is 6.88. The zero-order valence-electron chi connectivity index (χ0n) is 7.44. The van der Waals surface area contributed by atoms with Gasteiger partial charge in [-0.15, -0.1) is 11.8 Å². The van der Waals surface area contributed by atoms with Gasteiger partial charge in [0.1, 0.15) is 0 Å². The molecule has 1 unspecified atom stereocenters. The van der Waals surface area contributed by atoms with E-state index in [-0.39, 0.29) is 0 Å². The summed E-state index contributed by atoms with van der Waals surface area (Å²) in [6, 6.07) is 0. The van der Waals surface area contributed by atoms with Gasteiger partial charge in [0.15, 0.2) is 0 Å². The van der Waals surface area contributed by atoms with E-state index in [9.17, 15) is 0 Å². The van der Waals surface area contributed by atoms with Crippen molar-refractivity contribution in [3.63, 3.8) is 0 Å². The van der Waals surface area contributed by atoms with Crippen molar-refractivity contribution in [1.29, 1.82) is 0 Å². The lowest BCUT2D eigenvalue weighted by molar-refractivity contribution is 0.552. The maximum atomic E-state index is 3.54. The molecule has 0 spiro atoms. The third-order valence-electron chi connectivity index (χ3n) is 2.08. The van der Waals surface area contributed by atoms with Gasteiger partial charge in [-0.1, -0.05) is 26.2 Å². The molecule has 1 rings (SSSR count). The molecule has 1 aliphatic heterocycles. The van der Waals surface area contributed by atoms with Crippen LogP contribution in [0.1, 0.15) is 39.0 Å². The van der Waals surface area contributed by atoms with Crippen LogP contribution >= 0.6 is 11.8 Å². The third-order valence-corrected chi connectivity index (χ3v) is 3.41. The number of nitrogens with one attached hydrogen (secondary N) is 1. The molecule has 0 saturated carbocycles. The molecule has 1 nitrogen and oxygen atoms in total. The average Bonchev–Trinajstić information content (AvgIpc) is 2.07. The van der Waals surface area contributed by atoms with Crippen molar-refractivity contribution in [2.75, 3.05) is 12.3 Å². The highest BCUT2D eigenvalue weighted by Crippen LogP contribution is 2.19. The summed E-state index contributed by atoms with van der Waals surface area (Å²) in [5, 5.41) is 4.31. The monoisotopic (exact) mass is 173 g/mol. The Balaban J connectivity index is 1.96. The van der Waals surface area contributed by atoms with Crippen LogP contribution in [0.15, 0.2) is 0 Å². The summed E-state index contributed by atoms with van der Waals surface area (Å²) in [4.78, 5) is 0. The van der Waals surface area contributed by atoms with E-state index in [0.717, 1.165) is 5.37 Å². The molecule has 66 valence electrons. The molecule has 0 aromatic rings. The third kappa shape index (κ3) is 4.02. The van der Waals surface area contributed by atoms with Gasteiger partial charge in [0.25, 0.3) is 0 Å². The van der Waals surface area contributed by atoms with Crippen LogP contribution in [-0.4, -0.2) is 17.7 Å². The zero-order valence-corrected chi connectivity index (χ0v) is 8.25. The molecular weight excluding hydrogens is 154 g/mol. The van der Waals surface area contributed by atoms with Crippen LogP contribution in [-0.2, 0) is 0 Å². The maximum absolute atomic E-state index is 3.54. The van der Waals surface area contributed by atoms with Crippen molar-refractivity contribution in [3.8, 4) is 0 Å². The fourth-order valence-corrected chi connectivity index (χ4v) is 2.55. The molecule has 0 amide bonds. The number of rotatable bonds is 4. The highest BCUT2D eigenvalue weighted by atomic mass is 32.2. The fraction of sp³-hybridized carbons (Fsp3) is 1.00. The Morgan fingerprint density at radius 3 is 3.00 bits per heavy atom. The molecule has 1 aliphatic rings. The van der Waals surface area contributed by atoms with E-state index in [2.05, 4.69) is 24.0 Å². The molecule has 1 fully saturated rings. The molecule has 0 aliphatic carbocycles. The van der Waals surface area contributed by atoms with Gasteiger partial charge in [-0.05, 0) is 25.1 Å². The Labute approximate surface area is 74.3 Å². The summed E-state index contributed by atoms with van der Waals surface area (Å²) in [5.74, 6) is 1.36. The second-order valence-electron chi connectivity index (χ2n) is 3.16. The van der Waals surface area contributed by atoms with E-state index in [1.165, 1.54) is 44.4 Å². The van der Waals surface area contributed by atoms with Gasteiger partial charge in [0.05, 0.1) is 5.37 Å². The topological polar surface area (TPSA) is 12.0 Å². The number of hydrogen-bond acceptors (Lipinski definition) is 2. The Kier molecular flexibility index (Phi) is 5.04. The second-order valence-corrected chi connectivity index (χ2v) is 4.47. The first kappa shape index (κ1) is 9.40. The molecule has 2 heteroatoms. The minimum absolute atomic E-state index is 0.773. The Morgan fingerprint density at radius 1 is 1.45 bits per heavy atom. The molecule has 1 heterocycles. The summed E-state index contributed by atoms with van der Waals surface area (Å²) in [5.41, 5.74) is 0. The van der Waals surface area contributed by atoms with Gasteiger partial charge >= 0.3 is 0 Å². The number of hydrogen-bond donors (Lipinski definition) is 1. The Hall–Kier alpha value is 0.310. The quantitative estimate of drug-likeness (QED) is 0.656. The molecule has 1 N–H and O–H groups in total. The van der Waals surface area contributed by atoms with Crippen LogP contribution in [0.5, 0.6) is 0 Å². The largest absolute Gasteiger partial charge is 0.305 e. The lowest BCUT2D eigenvalue weighted by atomic mass is 10.2. The Morgan fingerprint density at radius 2 is 2.36 bits per heavy atom. The first-order valence-corrected chi connectivity index (χ1v) is 5.83. The number of unbranched alkanes of at least 4 members (excludes halogenated alkanes) is 2. The van der Waals surface area contributed by atoms with Crippen molar-refractivity contribution < 1.29 is 0 Å². The van der Waals surface area contributed by atoms with Gasteiger partial charge in [0, 0.05) is 0 Å². The number of thioether (sulfide) groups is 1. The van der Waals surface area contributed by atoms with Gasteiger partial charge in [-0.2, -0.15) is 0 Å². The van der Waals surface area contributed by atoms with Crippen molar-refractivity contribution in [1.82, 2.24) is 5.32 Å². The van der Waals surface area contributed by atoms with Crippen LogP contribution in [0.2, 0.25) is 0 Å². The maximum Gasteiger partial charge on any atom is 0.0532 e. The van der Waals surface area contributed by atoms with E-state index >= 15 is 0 Å². The van der Waals surface area contributed by atoms with E-state index in [1.807, 2.05) is 0 Å². The minimum Gasteiger partial charge on any atom is -0.305 e. The molecule has 1 atom stereocenters. The smallest absolute Gasteiger partial charge is 0.0532 e. The second kappa shape index (κ2) is 5.90. The first-order chi connectivity index (χ1) is 5.43. The average molecular weight is 173 g/mol. The predicted octanol–water partition coefficient (Wildman–Crippen LogP) is 2.62. The first-order valence-electron chi connectivity index (χ1n) is 4.78. The molecule has 0 bridgehead atoms.